The van der Waals surface area contributed by atoms with Gasteiger partial charge in [-0.25, -0.2) is 13.4 Å². The van der Waals surface area contributed by atoms with Gasteiger partial charge in [0.25, 0.3) is 10.0 Å². The molecule has 0 bridgehead atoms. The molecule has 1 heterocycles. The number of amides is 1. The molecule has 0 radical (unpaired) electrons. The van der Waals surface area contributed by atoms with E-state index in [0.717, 1.165) is 23.3 Å². The molecule has 0 aliphatic heterocycles. The van der Waals surface area contributed by atoms with Crippen LogP contribution in [0.2, 0.25) is 0 Å². The summed E-state index contributed by atoms with van der Waals surface area (Å²) in [7, 11) is -3.67. The van der Waals surface area contributed by atoms with Crippen LogP contribution in [0.4, 0.5) is 5.13 Å². The third kappa shape index (κ3) is 6.13. The van der Waals surface area contributed by atoms with Crippen molar-refractivity contribution in [3.63, 3.8) is 0 Å². The van der Waals surface area contributed by atoms with E-state index in [1.165, 1.54) is 0 Å². The Kier molecular flexibility index (Phi) is 6.55. The van der Waals surface area contributed by atoms with Crippen LogP contribution in [0.25, 0.3) is 0 Å². The molecule has 0 aliphatic rings. The molecule has 1 aromatic heterocycles. The van der Waals surface area contributed by atoms with Gasteiger partial charge in [0.2, 0.25) is 5.91 Å². The summed E-state index contributed by atoms with van der Waals surface area (Å²) in [6, 6.07) is 6.58. The highest BCUT2D eigenvalue weighted by molar-refractivity contribution is 7.93. The van der Waals surface area contributed by atoms with E-state index in [-0.39, 0.29) is 22.4 Å². The minimum atomic E-state index is -3.67. The van der Waals surface area contributed by atoms with Crippen LogP contribution in [0.1, 0.15) is 31.5 Å². The number of aryl methyl sites for hydroxylation is 1. The van der Waals surface area contributed by atoms with E-state index < -0.39 is 10.0 Å². The summed E-state index contributed by atoms with van der Waals surface area (Å²) >= 11 is 1.16. The van der Waals surface area contributed by atoms with Crippen LogP contribution in [0.15, 0.2) is 34.5 Å². The van der Waals surface area contributed by atoms with Gasteiger partial charge in [0.1, 0.15) is 0 Å². The first kappa shape index (κ1) is 19.4. The molecule has 25 heavy (non-hydrogen) atoms. The number of carbonyl (C=O) groups excluding carboxylic acids is 1. The Morgan fingerprint density at radius 2 is 1.92 bits per heavy atom. The van der Waals surface area contributed by atoms with Crippen molar-refractivity contribution in [2.24, 2.45) is 5.92 Å². The number of nitrogens with one attached hydrogen (secondary N) is 2. The summed E-state index contributed by atoms with van der Waals surface area (Å²) in [6.45, 7) is 6.72. The van der Waals surface area contributed by atoms with Gasteiger partial charge in [-0.1, -0.05) is 31.5 Å². The van der Waals surface area contributed by atoms with E-state index in [9.17, 15) is 13.2 Å². The molecule has 8 heteroatoms. The topological polar surface area (TPSA) is 88.2 Å². The quantitative estimate of drug-likeness (QED) is 0.736. The molecular weight excluding hydrogens is 358 g/mol. The van der Waals surface area contributed by atoms with E-state index in [4.69, 9.17) is 0 Å². The summed E-state index contributed by atoms with van der Waals surface area (Å²) in [6.07, 6.45) is 1.06. The molecule has 0 spiro atoms. The van der Waals surface area contributed by atoms with E-state index in [2.05, 4.69) is 28.9 Å². The standard InChI is InChI=1S/C17H23N3O3S2/c1-12(2)8-9-18-16(21)10-14-11-24-17(19-14)20-25(22,23)15-6-4-13(3)5-7-15/h4-7,11-12H,8-10H2,1-3H3,(H,18,21)(H,19,20). The largest absolute Gasteiger partial charge is 0.356 e. The van der Waals surface area contributed by atoms with Gasteiger partial charge in [0, 0.05) is 11.9 Å². The molecule has 2 N–H and O–H groups in total. The molecule has 0 saturated carbocycles. The van der Waals surface area contributed by atoms with Crippen molar-refractivity contribution < 1.29 is 13.2 Å². The number of sulfonamides is 1. The predicted molar refractivity (Wildman–Crippen MR) is 100 cm³/mol. The first-order valence-electron chi connectivity index (χ1n) is 8.07. The van der Waals surface area contributed by atoms with Gasteiger partial charge in [-0.2, -0.15) is 0 Å². The average molecular weight is 382 g/mol. The van der Waals surface area contributed by atoms with Crippen LogP contribution < -0.4 is 10.0 Å². The highest BCUT2D eigenvalue weighted by Crippen LogP contribution is 2.20. The maximum Gasteiger partial charge on any atom is 0.263 e. The maximum absolute atomic E-state index is 12.3. The first-order valence-corrected chi connectivity index (χ1v) is 10.4. The Morgan fingerprint density at radius 3 is 2.56 bits per heavy atom. The molecule has 0 fully saturated rings. The molecule has 2 aromatic rings. The van der Waals surface area contributed by atoms with Crippen LogP contribution in [0.3, 0.4) is 0 Å². The van der Waals surface area contributed by atoms with Gasteiger partial charge in [0.05, 0.1) is 17.0 Å². The Labute approximate surface area is 152 Å². The van der Waals surface area contributed by atoms with Gasteiger partial charge in [-0.15, -0.1) is 11.3 Å². The number of carbonyl (C=O) groups is 1. The van der Waals surface area contributed by atoms with Crippen molar-refractivity contribution in [3.8, 4) is 0 Å². The number of rotatable bonds is 8. The third-order valence-electron chi connectivity index (χ3n) is 3.49. The summed E-state index contributed by atoms with van der Waals surface area (Å²) in [5.41, 5.74) is 1.53. The summed E-state index contributed by atoms with van der Waals surface area (Å²) in [5.74, 6) is 0.418. The molecule has 0 saturated heterocycles. The van der Waals surface area contributed by atoms with Crippen LogP contribution in [0, 0.1) is 12.8 Å². The number of nitrogens with zero attached hydrogens (tertiary/aromatic N) is 1. The smallest absolute Gasteiger partial charge is 0.263 e. The fourth-order valence-electron chi connectivity index (χ4n) is 2.05. The first-order chi connectivity index (χ1) is 11.8. The highest BCUT2D eigenvalue weighted by Gasteiger charge is 2.16. The third-order valence-corrected chi connectivity index (χ3v) is 5.78. The summed E-state index contributed by atoms with van der Waals surface area (Å²) < 4.78 is 27.1. The predicted octanol–water partition coefficient (Wildman–Crippen LogP) is 2.96. The lowest BCUT2D eigenvalue weighted by atomic mass is 10.1. The van der Waals surface area contributed by atoms with Crippen molar-refractivity contribution in [1.82, 2.24) is 10.3 Å². The average Bonchev–Trinajstić information content (AvgIpc) is 2.93. The van der Waals surface area contributed by atoms with Crippen LogP contribution in [0.5, 0.6) is 0 Å². The Balaban J connectivity index is 1.94. The Morgan fingerprint density at radius 1 is 1.24 bits per heavy atom. The second-order valence-corrected chi connectivity index (χ2v) is 8.81. The summed E-state index contributed by atoms with van der Waals surface area (Å²) in [5, 5.41) is 4.78. The second kappa shape index (κ2) is 8.44. The maximum atomic E-state index is 12.3. The van der Waals surface area contributed by atoms with Gasteiger partial charge in [-0.3, -0.25) is 9.52 Å². The SMILES string of the molecule is Cc1ccc(S(=O)(=O)Nc2nc(CC(=O)NCCC(C)C)cs2)cc1. The molecule has 0 atom stereocenters. The molecule has 0 aliphatic carbocycles. The van der Waals surface area contributed by atoms with E-state index in [1.807, 2.05) is 6.92 Å². The molecule has 1 amide bonds. The molecular formula is C17H23N3O3S2. The molecule has 0 unspecified atom stereocenters. The minimum Gasteiger partial charge on any atom is -0.356 e. The van der Waals surface area contributed by atoms with E-state index >= 15 is 0 Å². The van der Waals surface area contributed by atoms with Gasteiger partial charge >= 0.3 is 0 Å². The fraction of sp³-hybridized carbons (Fsp3) is 0.412. The lowest BCUT2D eigenvalue weighted by Gasteiger charge is -2.06. The number of thiazole rings is 1. The zero-order valence-corrected chi connectivity index (χ0v) is 16.2. The van der Waals surface area contributed by atoms with E-state index in [1.54, 1.807) is 29.6 Å². The highest BCUT2D eigenvalue weighted by atomic mass is 32.2. The number of hydrogen-bond acceptors (Lipinski definition) is 5. The lowest BCUT2D eigenvalue weighted by Crippen LogP contribution is -2.27. The van der Waals surface area contributed by atoms with Crippen LogP contribution in [-0.4, -0.2) is 25.9 Å². The second-order valence-electron chi connectivity index (χ2n) is 6.27. The molecule has 136 valence electrons. The van der Waals surface area contributed by atoms with Crippen molar-refractivity contribution in [2.75, 3.05) is 11.3 Å². The molecule has 6 nitrogen and oxygen atoms in total. The lowest BCUT2D eigenvalue weighted by molar-refractivity contribution is -0.120. The van der Waals surface area contributed by atoms with Crippen molar-refractivity contribution >= 4 is 32.4 Å². The number of anilines is 1. The number of hydrogen-bond donors (Lipinski definition) is 2. The zero-order chi connectivity index (χ0) is 18.4. The van der Waals surface area contributed by atoms with Gasteiger partial charge in [0.15, 0.2) is 5.13 Å². The normalized spacial score (nSPS) is 11.5. The number of aromatic nitrogens is 1. The van der Waals surface area contributed by atoms with Crippen LogP contribution >= 0.6 is 11.3 Å². The van der Waals surface area contributed by atoms with Crippen molar-refractivity contribution in [1.29, 1.82) is 0 Å². The van der Waals surface area contributed by atoms with Crippen LogP contribution in [-0.2, 0) is 21.2 Å². The monoisotopic (exact) mass is 381 g/mol. The number of benzene rings is 1. The van der Waals surface area contributed by atoms with Crippen molar-refractivity contribution in [3.05, 3.63) is 40.9 Å². The fourth-order valence-corrected chi connectivity index (χ4v) is 4.02. The minimum absolute atomic E-state index is 0.112. The zero-order valence-electron chi connectivity index (χ0n) is 14.6. The van der Waals surface area contributed by atoms with Gasteiger partial charge in [-0.05, 0) is 31.4 Å². The summed E-state index contributed by atoms with van der Waals surface area (Å²) in [4.78, 5) is 16.2. The van der Waals surface area contributed by atoms with Crippen molar-refractivity contribution in [2.45, 2.75) is 38.5 Å². The van der Waals surface area contributed by atoms with Gasteiger partial charge < -0.3 is 5.32 Å². The molecule has 1 aromatic carbocycles. The molecule has 2 rings (SSSR count). The Hall–Kier alpha value is -1.93. The van der Waals surface area contributed by atoms with E-state index in [0.29, 0.717) is 18.2 Å². The Bertz CT molecular complexity index is 812.